The number of phenolic OH excluding ortho intramolecular Hbond substituents is 1. The second kappa shape index (κ2) is 4.76. The Morgan fingerprint density at radius 1 is 1.24 bits per heavy atom. The lowest BCUT2D eigenvalue weighted by molar-refractivity contribution is -0.710. The van der Waals surface area contributed by atoms with Crippen molar-refractivity contribution >= 4 is 11.6 Å². The Bertz CT molecular complexity index is 519. The third-order valence-corrected chi connectivity index (χ3v) is 3.19. The second-order valence-electron chi connectivity index (χ2n) is 4.18. The van der Waals surface area contributed by atoms with Crippen molar-refractivity contribution in [2.45, 2.75) is 19.9 Å². The van der Waals surface area contributed by atoms with E-state index >= 15 is 0 Å². The van der Waals surface area contributed by atoms with Gasteiger partial charge in [-0.2, -0.15) is 4.57 Å². The van der Waals surface area contributed by atoms with E-state index in [1.807, 2.05) is 42.9 Å². The molecule has 1 N–H and O–H groups in total. The van der Waals surface area contributed by atoms with Crippen molar-refractivity contribution in [2.75, 3.05) is 0 Å². The van der Waals surface area contributed by atoms with E-state index in [4.69, 9.17) is 11.6 Å². The highest BCUT2D eigenvalue weighted by Gasteiger charge is 2.21. The molecule has 1 atom stereocenters. The van der Waals surface area contributed by atoms with E-state index in [1.54, 1.807) is 18.2 Å². The van der Waals surface area contributed by atoms with Crippen molar-refractivity contribution in [1.82, 2.24) is 0 Å². The topological polar surface area (TPSA) is 24.1 Å². The summed E-state index contributed by atoms with van der Waals surface area (Å²) in [5.41, 5.74) is 1.93. The maximum atomic E-state index is 9.89. The fourth-order valence-electron chi connectivity index (χ4n) is 1.94. The number of aromatic hydroxyl groups is 1. The number of pyridine rings is 1. The van der Waals surface area contributed by atoms with Gasteiger partial charge in [0, 0.05) is 18.6 Å². The van der Waals surface area contributed by atoms with E-state index in [1.165, 1.54) is 5.56 Å². The zero-order valence-electron chi connectivity index (χ0n) is 9.89. The molecule has 0 aliphatic heterocycles. The maximum absolute atomic E-state index is 9.89. The average molecular weight is 249 g/mol. The number of rotatable bonds is 2. The van der Waals surface area contributed by atoms with Crippen LogP contribution in [-0.2, 0) is 0 Å². The summed E-state index contributed by atoms with van der Waals surface area (Å²) in [6.07, 6.45) is 4.01. The van der Waals surface area contributed by atoms with Crippen molar-refractivity contribution in [2.24, 2.45) is 0 Å². The summed E-state index contributed by atoms with van der Waals surface area (Å²) in [6.45, 7) is 4.05. The van der Waals surface area contributed by atoms with Crippen LogP contribution in [0.3, 0.4) is 0 Å². The summed E-state index contributed by atoms with van der Waals surface area (Å²) >= 11 is 6.14. The van der Waals surface area contributed by atoms with Gasteiger partial charge >= 0.3 is 0 Å². The predicted molar refractivity (Wildman–Crippen MR) is 68.3 cm³/mol. The number of hydrogen-bond acceptors (Lipinski definition) is 1. The third-order valence-electron chi connectivity index (χ3n) is 2.86. The van der Waals surface area contributed by atoms with Gasteiger partial charge in [-0.3, -0.25) is 0 Å². The van der Waals surface area contributed by atoms with Crippen LogP contribution in [0.25, 0.3) is 0 Å². The third kappa shape index (κ3) is 2.42. The highest BCUT2D eigenvalue weighted by atomic mass is 35.5. The molecule has 2 nitrogen and oxygen atoms in total. The molecule has 0 saturated heterocycles. The molecule has 2 rings (SSSR count). The highest BCUT2D eigenvalue weighted by molar-refractivity contribution is 6.31. The van der Waals surface area contributed by atoms with Crippen molar-refractivity contribution < 1.29 is 9.67 Å². The van der Waals surface area contributed by atoms with E-state index < -0.39 is 0 Å². The summed E-state index contributed by atoms with van der Waals surface area (Å²) < 4.78 is 2.04. The largest absolute Gasteiger partial charge is 0.507 e. The molecule has 1 unspecified atom stereocenters. The molecule has 1 aromatic heterocycles. The smallest absolute Gasteiger partial charge is 0.185 e. The lowest BCUT2D eigenvalue weighted by atomic mass is 10.1. The molecule has 88 valence electrons. The van der Waals surface area contributed by atoms with Crippen LogP contribution in [0.15, 0.2) is 42.7 Å². The zero-order chi connectivity index (χ0) is 12.4. The number of hydrogen-bond donors (Lipinski definition) is 1. The molecule has 0 saturated carbocycles. The number of phenols is 1. The Morgan fingerprint density at radius 3 is 2.65 bits per heavy atom. The van der Waals surface area contributed by atoms with Gasteiger partial charge in [-0.1, -0.05) is 17.7 Å². The highest BCUT2D eigenvalue weighted by Crippen LogP contribution is 2.30. The molecular weight excluding hydrogens is 234 g/mol. The van der Waals surface area contributed by atoms with E-state index in [2.05, 4.69) is 0 Å². The standard InChI is InChI=1S/C14H14ClNO/c1-10-5-4-8-16(9-10)11(2)14-12(15)6-3-7-13(14)17/h3-9,11H,1-2H3/p+1. The molecule has 3 heteroatoms. The summed E-state index contributed by atoms with van der Waals surface area (Å²) in [6, 6.07) is 9.23. The Labute approximate surface area is 106 Å². The Hall–Kier alpha value is -1.54. The van der Waals surface area contributed by atoms with Crippen molar-refractivity contribution in [3.8, 4) is 5.75 Å². The first-order valence-electron chi connectivity index (χ1n) is 5.54. The molecule has 0 fully saturated rings. The van der Waals surface area contributed by atoms with Crippen molar-refractivity contribution in [3.05, 3.63) is 58.9 Å². The van der Waals surface area contributed by atoms with Crippen molar-refractivity contribution in [1.29, 1.82) is 0 Å². The monoisotopic (exact) mass is 248 g/mol. The van der Waals surface area contributed by atoms with Gasteiger partial charge in [-0.15, -0.1) is 0 Å². The quantitative estimate of drug-likeness (QED) is 0.811. The Balaban J connectivity index is 2.47. The van der Waals surface area contributed by atoms with Crippen LogP contribution < -0.4 is 4.57 Å². The molecule has 0 spiro atoms. The minimum absolute atomic E-state index is 0.00333. The van der Waals surface area contributed by atoms with Gasteiger partial charge in [0.05, 0.1) is 10.6 Å². The van der Waals surface area contributed by atoms with Gasteiger partial charge in [0.15, 0.2) is 18.4 Å². The summed E-state index contributed by atoms with van der Waals surface area (Å²) in [5.74, 6) is 0.235. The molecule has 2 aromatic rings. The second-order valence-corrected chi connectivity index (χ2v) is 4.58. The Morgan fingerprint density at radius 2 is 2.00 bits per heavy atom. The van der Waals surface area contributed by atoms with E-state index in [0.717, 1.165) is 5.56 Å². The van der Waals surface area contributed by atoms with E-state index in [-0.39, 0.29) is 11.8 Å². The minimum atomic E-state index is 0.00333. The van der Waals surface area contributed by atoms with E-state index in [9.17, 15) is 5.11 Å². The molecule has 17 heavy (non-hydrogen) atoms. The fraction of sp³-hybridized carbons (Fsp3) is 0.214. The van der Waals surface area contributed by atoms with E-state index in [0.29, 0.717) is 5.02 Å². The lowest BCUT2D eigenvalue weighted by Crippen LogP contribution is -2.38. The molecule has 0 amide bonds. The molecule has 0 aliphatic rings. The first-order chi connectivity index (χ1) is 8.09. The van der Waals surface area contributed by atoms with Crippen LogP contribution in [0.5, 0.6) is 5.75 Å². The number of nitrogens with zero attached hydrogens (tertiary/aromatic N) is 1. The number of benzene rings is 1. The normalized spacial score (nSPS) is 12.4. The lowest BCUT2D eigenvalue weighted by Gasteiger charge is -2.11. The van der Waals surface area contributed by atoms with Gasteiger partial charge in [-0.05, 0) is 25.1 Å². The van der Waals surface area contributed by atoms with Crippen molar-refractivity contribution in [3.63, 3.8) is 0 Å². The average Bonchev–Trinajstić information content (AvgIpc) is 2.28. The molecule has 1 aromatic carbocycles. The molecule has 0 radical (unpaired) electrons. The number of halogens is 1. The SMILES string of the molecule is Cc1ccc[n+](C(C)c2c(O)cccc2Cl)c1. The fourth-order valence-corrected chi connectivity index (χ4v) is 2.27. The minimum Gasteiger partial charge on any atom is -0.507 e. The Kier molecular flexibility index (Phi) is 3.34. The van der Waals surface area contributed by atoms with Crippen LogP contribution in [0.2, 0.25) is 5.02 Å². The number of aromatic nitrogens is 1. The van der Waals surface area contributed by atoms with Gasteiger partial charge < -0.3 is 5.11 Å². The number of aryl methyl sites for hydroxylation is 1. The van der Waals surface area contributed by atoms with Crippen LogP contribution >= 0.6 is 11.6 Å². The van der Waals surface area contributed by atoms with Crippen LogP contribution in [0, 0.1) is 6.92 Å². The van der Waals surface area contributed by atoms with Gasteiger partial charge in [-0.25, -0.2) is 0 Å². The first-order valence-corrected chi connectivity index (χ1v) is 5.92. The first kappa shape index (κ1) is 11.9. The zero-order valence-corrected chi connectivity index (χ0v) is 10.6. The summed E-state index contributed by atoms with van der Waals surface area (Å²) in [4.78, 5) is 0. The predicted octanol–water partition coefficient (Wildman–Crippen LogP) is 3.25. The van der Waals surface area contributed by atoms with Crippen LogP contribution in [0.1, 0.15) is 24.1 Å². The molecule has 1 heterocycles. The van der Waals surface area contributed by atoms with Crippen LogP contribution in [0.4, 0.5) is 0 Å². The molecule has 0 aliphatic carbocycles. The van der Waals surface area contributed by atoms with Gasteiger partial charge in [0.1, 0.15) is 5.75 Å². The van der Waals surface area contributed by atoms with Crippen LogP contribution in [-0.4, -0.2) is 5.11 Å². The van der Waals surface area contributed by atoms with Gasteiger partial charge in [0.2, 0.25) is 0 Å². The maximum Gasteiger partial charge on any atom is 0.185 e. The summed E-state index contributed by atoms with van der Waals surface area (Å²) in [5, 5.41) is 10.5. The summed E-state index contributed by atoms with van der Waals surface area (Å²) in [7, 11) is 0. The molecular formula is C14H15ClNO+. The molecule has 0 bridgehead atoms. The van der Waals surface area contributed by atoms with Gasteiger partial charge in [0.25, 0.3) is 0 Å².